The van der Waals surface area contributed by atoms with Crippen molar-refractivity contribution in [2.45, 2.75) is 20.8 Å². The van der Waals surface area contributed by atoms with Crippen LogP contribution in [0.5, 0.6) is 0 Å². The minimum Gasteiger partial charge on any atom is -0.397 e. The molecule has 1 aromatic carbocycles. The lowest BCUT2D eigenvalue weighted by molar-refractivity contribution is 0.867. The molecule has 0 saturated carbocycles. The molecule has 90 valence electrons. The molecule has 0 aromatic heterocycles. The summed E-state index contributed by atoms with van der Waals surface area (Å²) in [7, 11) is 0. The molecule has 1 aromatic rings. The van der Waals surface area contributed by atoms with Gasteiger partial charge < -0.3 is 15.4 Å². The zero-order valence-corrected chi connectivity index (χ0v) is 11.1. The van der Waals surface area contributed by atoms with Crippen LogP contribution < -0.4 is 15.4 Å². The third-order valence-electron chi connectivity index (χ3n) is 2.49. The molecule has 0 bridgehead atoms. The van der Waals surface area contributed by atoms with E-state index in [-0.39, 0.29) is 0 Å². The molecule has 3 nitrogen and oxygen atoms in total. The van der Waals surface area contributed by atoms with Crippen LogP contribution in [0.15, 0.2) is 18.2 Å². The van der Waals surface area contributed by atoms with Crippen LogP contribution in [-0.4, -0.2) is 18.8 Å². The SMILES string of the molecule is CCSNc1cc(N(CC)CC)ccc1N. The van der Waals surface area contributed by atoms with Crippen LogP contribution in [-0.2, 0) is 0 Å². The van der Waals surface area contributed by atoms with E-state index in [1.165, 1.54) is 5.69 Å². The van der Waals surface area contributed by atoms with Gasteiger partial charge in [0.05, 0.1) is 11.4 Å². The average Bonchev–Trinajstić information content (AvgIpc) is 2.31. The smallest absolute Gasteiger partial charge is 0.0693 e. The fourth-order valence-electron chi connectivity index (χ4n) is 1.57. The topological polar surface area (TPSA) is 41.3 Å². The van der Waals surface area contributed by atoms with E-state index in [0.717, 1.165) is 30.2 Å². The first kappa shape index (κ1) is 13.0. The summed E-state index contributed by atoms with van der Waals surface area (Å²) in [4.78, 5) is 2.31. The summed E-state index contributed by atoms with van der Waals surface area (Å²) < 4.78 is 3.27. The maximum Gasteiger partial charge on any atom is 0.0693 e. The number of nitrogens with two attached hydrogens (primary N) is 1. The van der Waals surface area contributed by atoms with Gasteiger partial charge in [-0.25, -0.2) is 0 Å². The van der Waals surface area contributed by atoms with Crippen LogP contribution in [0, 0.1) is 0 Å². The predicted octanol–water partition coefficient (Wildman–Crippen LogP) is 3.20. The normalized spacial score (nSPS) is 10.2. The lowest BCUT2D eigenvalue weighted by atomic mass is 10.2. The monoisotopic (exact) mass is 239 g/mol. The Morgan fingerprint density at radius 3 is 2.50 bits per heavy atom. The van der Waals surface area contributed by atoms with E-state index in [0.29, 0.717) is 0 Å². The first-order valence-corrected chi connectivity index (χ1v) is 6.73. The van der Waals surface area contributed by atoms with Gasteiger partial charge in [0.15, 0.2) is 0 Å². The largest absolute Gasteiger partial charge is 0.397 e. The summed E-state index contributed by atoms with van der Waals surface area (Å²) in [5.74, 6) is 1.02. The summed E-state index contributed by atoms with van der Waals surface area (Å²) in [5, 5.41) is 0. The lowest BCUT2D eigenvalue weighted by Crippen LogP contribution is -2.21. The van der Waals surface area contributed by atoms with E-state index in [9.17, 15) is 0 Å². The molecule has 0 atom stereocenters. The van der Waals surface area contributed by atoms with Gasteiger partial charge in [0, 0.05) is 24.5 Å². The van der Waals surface area contributed by atoms with E-state index >= 15 is 0 Å². The summed E-state index contributed by atoms with van der Waals surface area (Å²) in [6, 6.07) is 6.15. The van der Waals surface area contributed by atoms with Gasteiger partial charge in [0.2, 0.25) is 0 Å². The van der Waals surface area contributed by atoms with E-state index in [2.05, 4.69) is 42.5 Å². The average molecular weight is 239 g/mol. The second kappa shape index (κ2) is 6.53. The number of nitrogens with one attached hydrogen (secondary N) is 1. The van der Waals surface area contributed by atoms with Crippen molar-refractivity contribution in [1.29, 1.82) is 0 Å². The van der Waals surface area contributed by atoms with Gasteiger partial charge in [0.1, 0.15) is 0 Å². The Labute approximate surface area is 103 Å². The van der Waals surface area contributed by atoms with E-state index in [4.69, 9.17) is 5.73 Å². The second-order valence-electron chi connectivity index (χ2n) is 3.48. The Morgan fingerprint density at radius 2 is 1.94 bits per heavy atom. The number of hydrogen-bond acceptors (Lipinski definition) is 4. The number of hydrogen-bond donors (Lipinski definition) is 2. The molecule has 0 aliphatic rings. The molecular formula is C12H21N3S. The van der Waals surface area contributed by atoms with Crippen molar-refractivity contribution in [3.8, 4) is 0 Å². The number of nitrogens with zero attached hydrogens (tertiary/aromatic N) is 1. The number of anilines is 3. The van der Waals surface area contributed by atoms with Gasteiger partial charge in [-0.1, -0.05) is 18.9 Å². The van der Waals surface area contributed by atoms with E-state index < -0.39 is 0 Å². The number of rotatable bonds is 6. The third-order valence-corrected chi connectivity index (χ3v) is 3.14. The molecule has 0 spiro atoms. The molecule has 1 rings (SSSR count). The first-order chi connectivity index (χ1) is 7.72. The van der Waals surface area contributed by atoms with E-state index in [1.807, 2.05) is 6.07 Å². The Balaban J connectivity index is 2.87. The van der Waals surface area contributed by atoms with Gasteiger partial charge in [-0.2, -0.15) is 0 Å². The third kappa shape index (κ3) is 3.23. The van der Waals surface area contributed by atoms with Crippen LogP contribution in [0.1, 0.15) is 20.8 Å². The zero-order valence-electron chi connectivity index (χ0n) is 10.3. The highest BCUT2D eigenvalue weighted by Crippen LogP contribution is 2.27. The molecule has 0 fully saturated rings. The highest BCUT2D eigenvalue weighted by atomic mass is 32.2. The molecule has 0 heterocycles. The second-order valence-corrected chi connectivity index (χ2v) is 4.55. The molecule has 0 amide bonds. The minimum absolute atomic E-state index is 0.803. The van der Waals surface area contributed by atoms with E-state index in [1.54, 1.807) is 11.9 Å². The van der Waals surface area contributed by atoms with Crippen molar-refractivity contribution in [3.05, 3.63) is 18.2 Å². The zero-order chi connectivity index (χ0) is 12.0. The van der Waals surface area contributed by atoms with Gasteiger partial charge in [-0.15, -0.1) is 0 Å². The van der Waals surface area contributed by atoms with Crippen molar-refractivity contribution >= 4 is 29.0 Å². The Bertz CT molecular complexity index is 324. The van der Waals surface area contributed by atoms with Gasteiger partial charge in [-0.05, 0) is 32.0 Å². The van der Waals surface area contributed by atoms with Gasteiger partial charge in [0.25, 0.3) is 0 Å². The molecule has 0 unspecified atom stereocenters. The highest BCUT2D eigenvalue weighted by Gasteiger charge is 2.05. The van der Waals surface area contributed by atoms with Crippen molar-refractivity contribution < 1.29 is 0 Å². The summed E-state index contributed by atoms with van der Waals surface area (Å²) in [5.41, 5.74) is 8.95. The highest BCUT2D eigenvalue weighted by molar-refractivity contribution is 8.00. The van der Waals surface area contributed by atoms with Crippen molar-refractivity contribution in [2.24, 2.45) is 0 Å². The molecule has 0 aliphatic heterocycles. The van der Waals surface area contributed by atoms with Crippen LogP contribution >= 0.6 is 11.9 Å². The quantitative estimate of drug-likeness (QED) is 0.591. The lowest BCUT2D eigenvalue weighted by Gasteiger charge is -2.22. The Hall–Kier alpha value is -1.03. The van der Waals surface area contributed by atoms with Crippen LogP contribution in [0.25, 0.3) is 0 Å². The summed E-state index contributed by atoms with van der Waals surface area (Å²) in [6.07, 6.45) is 0. The maximum atomic E-state index is 5.92. The Morgan fingerprint density at radius 1 is 1.25 bits per heavy atom. The van der Waals surface area contributed by atoms with Gasteiger partial charge >= 0.3 is 0 Å². The molecule has 0 saturated heterocycles. The predicted molar refractivity (Wildman–Crippen MR) is 76.2 cm³/mol. The standard InChI is InChI=1S/C12H21N3S/c1-4-15(5-2)10-7-8-11(13)12(9-10)14-16-6-3/h7-9,14H,4-6,13H2,1-3H3. The molecule has 4 heteroatoms. The van der Waals surface area contributed by atoms with Crippen molar-refractivity contribution in [3.63, 3.8) is 0 Å². The van der Waals surface area contributed by atoms with Crippen molar-refractivity contribution in [2.75, 3.05) is 34.2 Å². The van der Waals surface area contributed by atoms with Gasteiger partial charge in [-0.3, -0.25) is 0 Å². The molecule has 16 heavy (non-hydrogen) atoms. The minimum atomic E-state index is 0.803. The summed E-state index contributed by atoms with van der Waals surface area (Å²) in [6.45, 7) is 8.46. The molecule has 0 aliphatic carbocycles. The van der Waals surface area contributed by atoms with Crippen LogP contribution in [0.2, 0.25) is 0 Å². The Kier molecular flexibility index (Phi) is 5.32. The fourth-order valence-corrected chi connectivity index (χ4v) is 2.04. The fraction of sp³-hybridized carbons (Fsp3) is 0.500. The van der Waals surface area contributed by atoms with Crippen LogP contribution in [0.4, 0.5) is 17.1 Å². The molecule has 0 radical (unpaired) electrons. The summed E-state index contributed by atoms with van der Waals surface area (Å²) >= 11 is 1.66. The number of nitrogen functional groups attached to an aromatic ring is 1. The number of benzene rings is 1. The van der Waals surface area contributed by atoms with Crippen molar-refractivity contribution in [1.82, 2.24) is 0 Å². The first-order valence-electron chi connectivity index (χ1n) is 5.75. The molecular weight excluding hydrogens is 218 g/mol. The maximum absolute atomic E-state index is 5.92. The van der Waals surface area contributed by atoms with Crippen LogP contribution in [0.3, 0.4) is 0 Å². The molecule has 3 N–H and O–H groups in total.